The van der Waals surface area contributed by atoms with Crippen molar-refractivity contribution in [3.05, 3.63) is 53.6 Å². The Morgan fingerprint density at radius 1 is 1.24 bits per heavy atom. The number of rotatable bonds is 4. The van der Waals surface area contributed by atoms with Gasteiger partial charge in [-0.1, -0.05) is 12.1 Å². The first-order chi connectivity index (χ1) is 10.2. The van der Waals surface area contributed by atoms with Gasteiger partial charge in [0.2, 0.25) is 0 Å². The van der Waals surface area contributed by atoms with E-state index >= 15 is 0 Å². The summed E-state index contributed by atoms with van der Waals surface area (Å²) >= 11 is 0. The minimum Gasteiger partial charge on any atom is -0.478 e. The summed E-state index contributed by atoms with van der Waals surface area (Å²) in [5.74, 6) is -0.557. The maximum absolute atomic E-state index is 10.9. The zero-order chi connectivity index (χ0) is 14.8. The highest BCUT2D eigenvalue weighted by molar-refractivity contribution is 5.91. The number of hydrogen-bond donors (Lipinski definition) is 2. The maximum Gasteiger partial charge on any atom is 0.400 e. The molecule has 0 saturated carbocycles. The summed E-state index contributed by atoms with van der Waals surface area (Å²) < 4.78 is 10.8. The van der Waals surface area contributed by atoms with E-state index in [1.807, 2.05) is 0 Å². The van der Waals surface area contributed by atoms with Gasteiger partial charge in [0.1, 0.15) is 11.3 Å². The molecule has 0 fully saturated rings. The van der Waals surface area contributed by atoms with Crippen LogP contribution in [-0.4, -0.2) is 21.2 Å². The Bertz CT molecular complexity index is 809. The Hall–Kier alpha value is -2.86. The SMILES string of the molecule is O=C(O)c1ccc2nc(Oc3cccc(CO)c3)oc2c1. The van der Waals surface area contributed by atoms with E-state index in [0.717, 1.165) is 0 Å². The van der Waals surface area contributed by atoms with Gasteiger partial charge >= 0.3 is 12.0 Å². The lowest BCUT2D eigenvalue weighted by Gasteiger charge is -2.01. The molecule has 0 amide bonds. The molecule has 3 rings (SSSR count). The van der Waals surface area contributed by atoms with Gasteiger partial charge in [-0.05, 0) is 35.9 Å². The van der Waals surface area contributed by atoms with E-state index in [2.05, 4.69) is 4.98 Å². The molecule has 0 aliphatic rings. The maximum atomic E-state index is 10.9. The molecule has 0 saturated heterocycles. The van der Waals surface area contributed by atoms with Gasteiger partial charge in [0.25, 0.3) is 0 Å². The fourth-order valence-corrected chi connectivity index (χ4v) is 1.89. The predicted octanol–water partition coefficient (Wildman–Crippen LogP) is 2.81. The Balaban J connectivity index is 1.92. The highest BCUT2D eigenvalue weighted by atomic mass is 16.6. The Morgan fingerprint density at radius 2 is 2.10 bits per heavy atom. The molecule has 0 radical (unpaired) electrons. The molecule has 2 N–H and O–H groups in total. The number of benzene rings is 2. The monoisotopic (exact) mass is 285 g/mol. The van der Waals surface area contributed by atoms with Crippen molar-refractivity contribution in [2.75, 3.05) is 0 Å². The number of fused-ring (bicyclic) bond motifs is 1. The standard InChI is InChI=1S/C15H11NO5/c17-8-9-2-1-3-11(6-9)20-15-16-12-5-4-10(14(18)19)7-13(12)21-15/h1-7,17H,8H2,(H,18,19). The van der Waals surface area contributed by atoms with Crippen LogP contribution in [0.1, 0.15) is 15.9 Å². The second kappa shape index (κ2) is 5.26. The summed E-state index contributed by atoms with van der Waals surface area (Å²) in [6, 6.07) is 11.3. The number of aliphatic hydroxyl groups is 1. The number of nitrogens with zero attached hydrogens (tertiary/aromatic N) is 1. The van der Waals surface area contributed by atoms with Crippen molar-refractivity contribution in [1.29, 1.82) is 0 Å². The van der Waals surface area contributed by atoms with Crippen LogP contribution < -0.4 is 4.74 Å². The van der Waals surface area contributed by atoms with Gasteiger partial charge in [0.05, 0.1) is 12.2 Å². The first kappa shape index (κ1) is 13.1. The van der Waals surface area contributed by atoms with Crippen LogP contribution in [0.2, 0.25) is 0 Å². The van der Waals surface area contributed by atoms with Gasteiger partial charge in [0, 0.05) is 0 Å². The molecular weight excluding hydrogens is 274 g/mol. The average molecular weight is 285 g/mol. The second-order valence-corrected chi connectivity index (χ2v) is 4.38. The van der Waals surface area contributed by atoms with Crippen molar-refractivity contribution < 1.29 is 24.2 Å². The molecule has 106 valence electrons. The molecule has 6 heteroatoms. The summed E-state index contributed by atoms with van der Waals surface area (Å²) in [4.78, 5) is 15.0. The number of carboxylic acid groups (broad SMARTS) is 1. The Labute approximate surface area is 119 Å². The lowest BCUT2D eigenvalue weighted by molar-refractivity contribution is 0.0697. The lowest BCUT2D eigenvalue weighted by Crippen LogP contribution is -1.94. The third-order valence-corrected chi connectivity index (χ3v) is 2.90. The average Bonchev–Trinajstić information content (AvgIpc) is 2.88. The molecule has 0 spiro atoms. The van der Waals surface area contributed by atoms with Gasteiger partial charge in [0.15, 0.2) is 5.58 Å². The molecule has 0 atom stereocenters. The number of hydrogen-bond acceptors (Lipinski definition) is 5. The summed E-state index contributed by atoms with van der Waals surface area (Å²) in [6.07, 6.45) is 0.0163. The van der Waals surface area contributed by atoms with E-state index in [0.29, 0.717) is 22.4 Å². The number of carboxylic acids is 1. The van der Waals surface area contributed by atoms with E-state index in [1.165, 1.54) is 12.1 Å². The Kier molecular flexibility index (Phi) is 3.29. The van der Waals surface area contributed by atoms with E-state index in [1.54, 1.807) is 30.3 Å². The number of ether oxygens (including phenoxy) is 1. The van der Waals surface area contributed by atoms with Gasteiger partial charge in [-0.2, -0.15) is 4.98 Å². The van der Waals surface area contributed by atoms with Crippen LogP contribution >= 0.6 is 0 Å². The molecule has 3 aromatic rings. The van der Waals surface area contributed by atoms with Crippen molar-refractivity contribution >= 4 is 17.1 Å². The largest absolute Gasteiger partial charge is 0.478 e. The Morgan fingerprint density at radius 3 is 2.86 bits per heavy atom. The van der Waals surface area contributed by atoms with Crippen LogP contribution in [0.15, 0.2) is 46.9 Å². The van der Waals surface area contributed by atoms with Gasteiger partial charge in [-0.25, -0.2) is 4.79 Å². The van der Waals surface area contributed by atoms with Gasteiger partial charge in [-0.15, -0.1) is 0 Å². The van der Waals surface area contributed by atoms with Crippen LogP contribution in [-0.2, 0) is 6.61 Å². The van der Waals surface area contributed by atoms with E-state index in [-0.39, 0.29) is 18.2 Å². The third kappa shape index (κ3) is 2.70. The molecule has 0 unspecified atom stereocenters. The number of carbonyl (C=O) groups is 1. The normalized spacial score (nSPS) is 10.7. The fourth-order valence-electron chi connectivity index (χ4n) is 1.89. The minimum atomic E-state index is -1.04. The molecule has 0 aliphatic heterocycles. The van der Waals surface area contributed by atoms with Crippen LogP contribution in [0, 0.1) is 0 Å². The van der Waals surface area contributed by atoms with Crippen molar-refractivity contribution in [2.45, 2.75) is 6.61 Å². The molecule has 0 bridgehead atoms. The zero-order valence-corrected chi connectivity index (χ0v) is 10.8. The quantitative estimate of drug-likeness (QED) is 0.765. The van der Waals surface area contributed by atoms with Crippen molar-refractivity contribution in [3.8, 4) is 11.8 Å². The van der Waals surface area contributed by atoms with E-state index < -0.39 is 5.97 Å². The highest BCUT2D eigenvalue weighted by Crippen LogP contribution is 2.26. The first-order valence-electron chi connectivity index (χ1n) is 6.17. The third-order valence-electron chi connectivity index (χ3n) is 2.90. The number of aromatic nitrogens is 1. The van der Waals surface area contributed by atoms with Crippen LogP contribution in [0.5, 0.6) is 11.8 Å². The molecule has 0 aliphatic carbocycles. The smallest absolute Gasteiger partial charge is 0.400 e. The van der Waals surface area contributed by atoms with E-state index in [4.69, 9.17) is 19.4 Å². The zero-order valence-electron chi connectivity index (χ0n) is 10.8. The fraction of sp³-hybridized carbons (Fsp3) is 0.0667. The topological polar surface area (TPSA) is 92.8 Å². The molecule has 2 aromatic carbocycles. The highest BCUT2D eigenvalue weighted by Gasteiger charge is 2.11. The summed E-state index contributed by atoms with van der Waals surface area (Å²) in [7, 11) is 0. The van der Waals surface area contributed by atoms with Crippen molar-refractivity contribution in [1.82, 2.24) is 4.98 Å². The van der Waals surface area contributed by atoms with Crippen molar-refractivity contribution in [2.24, 2.45) is 0 Å². The lowest BCUT2D eigenvalue weighted by atomic mass is 10.2. The second-order valence-electron chi connectivity index (χ2n) is 4.38. The number of oxazole rings is 1. The number of aliphatic hydroxyl groups excluding tert-OH is 1. The molecular formula is C15H11NO5. The summed E-state index contributed by atoms with van der Waals surface area (Å²) in [5, 5.41) is 18.0. The van der Waals surface area contributed by atoms with Gasteiger partial charge < -0.3 is 19.4 Å². The predicted molar refractivity (Wildman–Crippen MR) is 73.4 cm³/mol. The van der Waals surface area contributed by atoms with Gasteiger partial charge in [-0.3, -0.25) is 0 Å². The summed E-state index contributed by atoms with van der Waals surface area (Å²) in [5.41, 5.74) is 1.67. The van der Waals surface area contributed by atoms with Crippen LogP contribution in [0.25, 0.3) is 11.1 Å². The number of aromatic carboxylic acids is 1. The molecule has 6 nitrogen and oxygen atoms in total. The molecule has 1 aromatic heterocycles. The van der Waals surface area contributed by atoms with Crippen molar-refractivity contribution in [3.63, 3.8) is 0 Å². The van der Waals surface area contributed by atoms with Crippen LogP contribution in [0.4, 0.5) is 0 Å². The van der Waals surface area contributed by atoms with Crippen LogP contribution in [0.3, 0.4) is 0 Å². The summed E-state index contributed by atoms with van der Waals surface area (Å²) in [6.45, 7) is -0.0905. The first-order valence-corrected chi connectivity index (χ1v) is 6.17. The van der Waals surface area contributed by atoms with E-state index in [9.17, 15) is 4.79 Å². The molecule has 1 heterocycles. The molecule has 21 heavy (non-hydrogen) atoms. The minimum absolute atomic E-state index is 0.0163.